The second kappa shape index (κ2) is 3.40. The van der Waals surface area contributed by atoms with Crippen LogP contribution in [0.25, 0.3) is 0 Å². The second-order valence-corrected chi connectivity index (χ2v) is 3.85. The van der Waals surface area contributed by atoms with E-state index in [1.54, 1.807) is 0 Å². The molecule has 0 spiro atoms. The van der Waals surface area contributed by atoms with E-state index in [1.807, 2.05) is 0 Å². The van der Waals surface area contributed by atoms with Crippen molar-refractivity contribution in [3.63, 3.8) is 0 Å². The summed E-state index contributed by atoms with van der Waals surface area (Å²) in [6.45, 7) is 9.57. The number of hydrogen-bond acceptors (Lipinski definition) is 1. The van der Waals surface area contributed by atoms with E-state index in [4.69, 9.17) is 0 Å². The molecule has 0 aliphatic carbocycles. The highest BCUT2D eigenvalue weighted by atomic mass is 15.0. The molecule has 1 saturated heterocycles. The summed E-state index contributed by atoms with van der Waals surface area (Å²) in [7, 11) is 0. The Bertz CT molecular complexity index is 141. The van der Waals surface area contributed by atoms with Gasteiger partial charge in [0, 0.05) is 5.54 Å². The maximum Gasteiger partial charge on any atom is 0.0359 e. The van der Waals surface area contributed by atoms with Crippen LogP contribution in [0, 0.1) is 0 Å². The van der Waals surface area contributed by atoms with Crippen LogP contribution in [0.3, 0.4) is 0 Å². The summed E-state index contributed by atoms with van der Waals surface area (Å²) in [5.41, 5.74) is 1.50. The molecule has 1 fully saturated rings. The maximum atomic E-state index is 4.03. The summed E-state index contributed by atoms with van der Waals surface area (Å²) >= 11 is 0. The zero-order valence-corrected chi connectivity index (χ0v) is 7.74. The van der Waals surface area contributed by atoms with Gasteiger partial charge in [-0.25, -0.2) is 0 Å². The molecule has 0 saturated carbocycles. The summed E-state index contributed by atoms with van der Waals surface area (Å²) < 4.78 is 0. The largest absolute Gasteiger partial charge is 0.308 e. The van der Waals surface area contributed by atoms with Crippen molar-refractivity contribution in [1.29, 1.82) is 0 Å². The Morgan fingerprint density at radius 2 is 2.09 bits per heavy atom. The van der Waals surface area contributed by atoms with Gasteiger partial charge >= 0.3 is 0 Å². The van der Waals surface area contributed by atoms with Gasteiger partial charge in [0.05, 0.1) is 0 Å². The smallest absolute Gasteiger partial charge is 0.0359 e. The van der Waals surface area contributed by atoms with Gasteiger partial charge < -0.3 is 5.32 Å². The minimum atomic E-state index is 0.219. The lowest BCUT2D eigenvalue weighted by Gasteiger charge is -2.29. The van der Waals surface area contributed by atoms with Crippen molar-refractivity contribution in [3.05, 3.63) is 12.2 Å². The molecular formula is C10H19N. The van der Waals surface area contributed by atoms with E-state index in [0.29, 0.717) is 0 Å². The van der Waals surface area contributed by atoms with Gasteiger partial charge in [0.15, 0.2) is 0 Å². The molecule has 1 heteroatoms. The van der Waals surface area contributed by atoms with E-state index in [9.17, 15) is 0 Å². The van der Waals surface area contributed by atoms with Gasteiger partial charge in [0.25, 0.3) is 0 Å². The fourth-order valence-electron chi connectivity index (χ4n) is 1.60. The average molecular weight is 153 g/mol. The number of hydrogen-bond donors (Lipinski definition) is 1. The monoisotopic (exact) mass is 153 g/mol. The molecule has 1 rings (SSSR count). The molecule has 0 radical (unpaired) electrons. The van der Waals surface area contributed by atoms with Gasteiger partial charge in [-0.3, -0.25) is 0 Å². The van der Waals surface area contributed by atoms with Crippen molar-refractivity contribution < 1.29 is 0 Å². The molecule has 0 bridgehead atoms. The van der Waals surface area contributed by atoms with E-state index in [-0.39, 0.29) is 5.54 Å². The highest BCUT2D eigenvalue weighted by Gasteiger charge is 2.24. The van der Waals surface area contributed by atoms with Gasteiger partial charge in [-0.1, -0.05) is 25.0 Å². The van der Waals surface area contributed by atoms with E-state index in [0.717, 1.165) is 6.54 Å². The second-order valence-electron chi connectivity index (χ2n) is 3.85. The third kappa shape index (κ3) is 2.06. The molecular weight excluding hydrogens is 134 g/mol. The predicted molar refractivity (Wildman–Crippen MR) is 49.7 cm³/mol. The molecule has 1 aliphatic rings. The van der Waals surface area contributed by atoms with Crippen molar-refractivity contribution in [2.45, 2.75) is 45.1 Å². The third-order valence-electron chi connectivity index (χ3n) is 2.81. The van der Waals surface area contributed by atoms with Crippen molar-refractivity contribution in [2.75, 3.05) is 6.54 Å². The molecule has 11 heavy (non-hydrogen) atoms. The molecule has 1 N–H and O–H groups in total. The van der Waals surface area contributed by atoms with Crippen LogP contribution in [0.15, 0.2) is 12.2 Å². The molecule has 1 aliphatic heterocycles. The first kappa shape index (κ1) is 8.79. The molecule has 0 aromatic carbocycles. The Balaban J connectivity index is 2.59. The predicted octanol–water partition coefficient (Wildman–Crippen LogP) is 2.48. The van der Waals surface area contributed by atoms with E-state index in [2.05, 4.69) is 25.7 Å². The molecule has 0 amide bonds. The zero-order valence-electron chi connectivity index (χ0n) is 7.74. The summed E-state index contributed by atoms with van der Waals surface area (Å²) in [4.78, 5) is 0. The topological polar surface area (TPSA) is 12.0 Å². The van der Waals surface area contributed by atoms with Crippen LogP contribution in [0.2, 0.25) is 0 Å². The van der Waals surface area contributed by atoms with E-state index < -0.39 is 0 Å². The van der Waals surface area contributed by atoms with Crippen molar-refractivity contribution in [1.82, 2.24) is 5.32 Å². The lowest BCUT2D eigenvalue weighted by Crippen LogP contribution is -2.42. The lowest BCUT2D eigenvalue weighted by molar-refractivity contribution is 0.409. The number of nitrogens with one attached hydrogen (secondary N) is 1. The van der Waals surface area contributed by atoms with Gasteiger partial charge in [0.1, 0.15) is 0 Å². The average Bonchev–Trinajstić information content (AvgIpc) is 2.15. The van der Waals surface area contributed by atoms with Crippen LogP contribution in [-0.2, 0) is 0 Å². The minimum absolute atomic E-state index is 0.219. The molecule has 1 nitrogen and oxygen atoms in total. The van der Waals surface area contributed by atoms with Gasteiger partial charge in [0.2, 0.25) is 0 Å². The maximum absolute atomic E-state index is 4.03. The van der Waals surface area contributed by atoms with Crippen LogP contribution in [0.1, 0.15) is 39.5 Å². The summed E-state index contributed by atoms with van der Waals surface area (Å²) in [5, 5.41) is 3.56. The van der Waals surface area contributed by atoms with Gasteiger partial charge in [-0.15, -0.1) is 0 Å². The van der Waals surface area contributed by atoms with Crippen LogP contribution in [0.4, 0.5) is 0 Å². The van der Waals surface area contributed by atoms with E-state index in [1.165, 1.54) is 31.3 Å². The van der Waals surface area contributed by atoms with Crippen LogP contribution in [0.5, 0.6) is 0 Å². The molecule has 1 atom stereocenters. The fraction of sp³-hybridized carbons (Fsp3) is 0.800. The molecule has 0 aromatic rings. The van der Waals surface area contributed by atoms with Crippen molar-refractivity contribution >= 4 is 0 Å². The molecule has 1 heterocycles. The number of rotatable bonds is 1. The first-order valence-electron chi connectivity index (χ1n) is 4.56. The van der Waals surface area contributed by atoms with E-state index >= 15 is 0 Å². The molecule has 0 aromatic heterocycles. The fourth-order valence-corrected chi connectivity index (χ4v) is 1.60. The Morgan fingerprint density at radius 3 is 2.73 bits per heavy atom. The highest BCUT2D eigenvalue weighted by molar-refractivity contribution is 5.12. The minimum Gasteiger partial charge on any atom is -0.308 e. The van der Waals surface area contributed by atoms with Crippen molar-refractivity contribution in [3.8, 4) is 0 Å². The Kier molecular flexibility index (Phi) is 2.72. The van der Waals surface area contributed by atoms with Crippen LogP contribution in [-0.4, -0.2) is 12.1 Å². The van der Waals surface area contributed by atoms with Crippen molar-refractivity contribution in [2.24, 2.45) is 0 Å². The molecule has 1 unspecified atom stereocenters. The quantitative estimate of drug-likeness (QED) is 0.571. The Hall–Kier alpha value is -0.300. The zero-order chi connectivity index (χ0) is 8.32. The van der Waals surface area contributed by atoms with Gasteiger partial charge in [-0.2, -0.15) is 0 Å². The lowest BCUT2D eigenvalue weighted by atomic mass is 9.89. The highest BCUT2D eigenvalue weighted by Crippen LogP contribution is 2.24. The van der Waals surface area contributed by atoms with Crippen LogP contribution >= 0.6 is 0 Å². The first-order valence-corrected chi connectivity index (χ1v) is 4.56. The van der Waals surface area contributed by atoms with Crippen LogP contribution < -0.4 is 5.32 Å². The summed E-state index contributed by atoms with van der Waals surface area (Å²) in [6, 6.07) is 0. The standard InChI is InChI=1S/C10H19N/c1-9(2)10(3)7-5-4-6-8-11-10/h11H,1,4-8H2,2-3H3. The SMILES string of the molecule is C=C(C)C1(C)CCCCCN1. The first-order chi connectivity index (χ1) is 5.15. The van der Waals surface area contributed by atoms with Gasteiger partial charge in [-0.05, 0) is 33.2 Å². The normalized spacial score (nSPS) is 32.9. The Morgan fingerprint density at radius 1 is 1.36 bits per heavy atom. The third-order valence-corrected chi connectivity index (χ3v) is 2.81. The summed E-state index contributed by atoms with van der Waals surface area (Å²) in [6.07, 6.45) is 5.29. The summed E-state index contributed by atoms with van der Waals surface area (Å²) in [5.74, 6) is 0. The molecule has 64 valence electrons. The Labute approximate surface area is 69.9 Å².